The third-order valence-corrected chi connectivity index (χ3v) is 7.85. The molecule has 0 rings (SSSR count). The van der Waals surface area contributed by atoms with Crippen LogP contribution in [-0.2, 0) is 14.3 Å². The Morgan fingerprint density at radius 2 is 0.650 bits per heavy atom. The zero-order chi connectivity index (χ0) is 28.5. The molecular weight excluding hydrogens is 519 g/mol. The average molecular weight is 589 g/mol. The van der Waals surface area contributed by atoms with Crippen molar-refractivity contribution in [3.8, 4) is 0 Å². The fourth-order valence-corrected chi connectivity index (χ4v) is 5.21. The molecule has 0 aromatic heterocycles. The van der Waals surface area contributed by atoms with Crippen LogP contribution >= 0.6 is 0 Å². The van der Waals surface area contributed by atoms with Gasteiger partial charge in [-0.1, -0.05) is 167 Å². The maximum atomic E-state index is 11.9. The number of hydrogen-bond donors (Lipinski definition) is 0. The number of esters is 2. The number of unbranched alkanes of at least 4 members (excludes halogenated alkanes) is 25. The van der Waals surface area contributed by atoms with Crippen LogP contribution in [-0.4, -0.2) is 63.3 Å². The van der Waals surface area contributed by atoms with Gasteiger partial charge in [0, 0.05) is 12.8 Å². The first kappa shape index (κ1) is 42.6. The minimum atomic E-state index is -0.335. The van der Waals surface area contributed by atoms with Crippen molar-refractivity contribution < 1.29 is 14.3 Å². The number of ether oxygens (including phenoxy) is 1. The standard InChI is InChI=1S/C36H68O3.K.H/c1-3-5-7-9-11-13-15-17-19-21-23-25-27-29-31-33-35(37)39-36(38)34-32-30-28-26-24-22-20-18-16-14-12-10-8-6-4-2;;/h17,19H,3-16,18,20-34H2,1-2H3;;/b19-17-;;. The average Bonchev–Trinajstić information content (AvgIpc) is 2.93. The predicted octanol–water partition coefficient (Wildman–Crippen LogP) is 11.7. The molecule has 0 aliphatic rings. The molecular formula is C36H69KO3. The van der Waals surface area contributed by atoms with Crippen molar-refractivity contribution in [1.29, 1.82) is 0 Å². The molecule has 0 atom stereocenters. The summed E-state index contributed by atoms with van der Waals surface area (Å²) in [6.07, 6.45) is 41.2. The molecule has 0 spiro atoms. The molecule has 0 bridgehead atoms. The molecule has 0 aliphatic carbocycles. The zero-order valence-electron chi connectivity index (χ0n) is 26.6. The van der Waals surface area contributed by atoms with E-state index >= 15 is 0 Å². The Kier molecular flexibility index (Phi) is 40.0. The van der Waals surface area contributed by atoms with E-state index in [1.807, 2.05) is 0 Å². The van der Waals surface area contributed by atoms with Crippen LogP contribution in [0.4, 0.5) is 0 Å². The quantitative estimate of drug-likeness (QED) is 0.0266. The van der Waals surface area contributed by atoms with Crippen LogP contribution < -0.4 is 0 Å². The number of hydrogen-bond acceptors (Lipinski definition) is 3. The van der Waals surface area contributed by atoms with Crippen molar-refractivity contribution in [2.75, 3.05) is 0 Å². The molecule has 232 valence electrons. The van der Waals surface area contributed by atoms with Crippen LogP contribution in [0.15, 0.2) is 12.2 Å². The second kappa shape index (κ2) is 37.5. The normalized spacial score (nSPS) is 11.2. The summed E-state index contributed by atoms with van der Waals surface area (Å²) >= 11 is 0. The Labute approximate surface area is 293 Å². The van der Waals surface area contributed by atoms with E-state index in [0.717, 1.165) is 32.1 Å². The second-order valence-corrected chi connectivity index (χ2v) is 11.9. The van der Waals surface area contributed by atoms with Gasteiger partial charge in [0.25, 0.3) is 0 Å². The van der Waals surface area contributed by atoms with Crippen molar-refractivity contribution in [3.63, 3.8) is 0 Å². The number of rotatable bonds is 31. The molecule has 3 nitrogen and oxygen atoms in total. The third kappa shape index (κ3) is 36.5. The molecule has 0 saturated heterocycles. The topological polar surface area (TPSA) is 43.4 Å². The summed E-state index contributed by atoms with van der Waals surface area (Å²) in [5.74, 6) is -0.666. The summed E-state index contributed by atoms with van der Waals surface area (Å²) in [5.41, 5.74) is 0. The van der Waals surface area contributed by atoms with E-state index in [1.54, 1.807) is 0 Å². The van der Waals surface area contributed by atoms with Crippen LogP contribution in [0.1, 0.15) is 206 Å². The Morgan fingerprint density at radius 1 is 0.400 bits per heavy atom. The van der Waals surface area contributed by atoms with Crippen molar-refractivity contribution in [1.82, 2.24) is 0 Å². The number of carbonyl (C=O) groups excluding carboxylic acids is 2. The van der Waals surface area contributed by atoms with Crippen molar-refractivity contribution >= 4 is 63.3 Å². The zero-order valence-corrected chi connectivity index (χ0v) is 26.6. The Morgan fingerprint density at radius 3 is 0.950 bits per heavy atom. The molecule has 0 saturated carbocycles. The molecule has 0 unspecified atom stereocenters. The monoisotopic (exact) mass is 588 g/mol. The van der Waals surface area contributed by atoms with Gasteiger partial charge in [0.15, 0.2) is 0 Å². The molecule has 0 aromatic carbocycles. The van der Waals surface area contributed by atoms with Gasteiger partial charge in [0.05, 0.1) is 0 Å². The first-order valence-corrected chi connectivity index (χ1v) is 17.6. The van der Waals surface area contributed by atoms with Gasteiger partial charge in [-0.15, -0.1) is 0 Å². The Hall–Kier alpha value is 0.516. The molecule has 0 amide bonds. The van der Waals surface area contributed by atoms with Crippen molar-refractivity contribution in [2.24, 2.45) is 0 Å². The van der Waals surface area contributed by atoms with Crippen LogP contribution in [0.25, 0.3) is 0 Å². The molecule has 4 heteroatoms. The van der Waals surface area contributed by atoms with Gasteiger partial charge < -0.3 is 4.74 Å². The summed E-state index contributed by atoms with van der Waals surface area (Å²) in [6.45, 7) is 4.54. The van der Waals surface area contributed by atoms with E-state index in [-0.39, 0.29) is 63.3 Å². The third-order valence-electron chi connectivity index (χ3n) is 7.85. The van der Waals surface area contributed by atoms with E-state index in [0.29, 0.717) is 12.8 Å². The van der Waals surface area contributed by atoms with Crippen LogP contribution in [0.3, 0.4) is 0 Å². The SMILES string of the molecule is CCCCCCCC/C=C\CCCCCCCC(=O)OC(=O)CCCCCCCCCCCCCCCCC.[KH]. The summed E-state index contributed by atoms with van der Waals surface area (Å²) in [6, 6.07) is 0. The van der Waals surface area contributed by atoms with Crippen molar-refractivity contribution in [3.05, 3.63) is 12.2 Å². The molecule has 0 heterocycles. The van der Waals surface area contributed by atoms with Crippen LogP contribution in [0.5, 0.6) is 0 Å². The molecule has 0 aromatic rings. The predicted molar refractivity (Wildman–Crippen MR) is 177 cm³/mol. The first-order chi connectivity index (χ1) is 19.2. The summed E-state index contributed by atoms with van der Waals surface area (Å²) < 4.78 is 5.00. The number of allylic oxidation sites excluding steroid dienone is 2. The van der Waals surface area contributed by atoms with Gasteiger partial charge in [-0.25, -0.2) is 0 Å². The van der Waals surface area contributed by atoms with Gasteiger partial charge >= 0.3 is 63.3 Å². The summed E-state index contributed by atoms with van der Waals surface area (Å²) in [5, 5.41) is 0. The van der Waals surface area contributed by atoms with Crippen molar-refractivity contribution in [2.45, 2.75) is 206 Å². The number of carbonyl (C=O) groups is 2. The van der Waals surface area contributed by atoms with E-state index in [4.69, 9.17) is 4.74 Å². The Balaban J connectivity index is 0. The fraction of sp³-hybridized carbons (Fsp3) is 0.889. The van der Waals surface area contributed by atoms with Crippen LogP contribution in [0.2, 0.25) is 0 Å². The van der Waals surface area contributed by atoms with E-state index in [1.165, 1.54) is 148 Å². The summed E-state index contributed by atoms with van der Waals surface area (Å²) in [4.78, 5) is 23.8. The molecule has 0 aliphatic heterocycles. The summed E-state index contributed by atoms with van der Waals surface area (Å²) in [7, 11) is 0. The van der Waals surface area contributed by atoms with Gasteiger partial charge in [-0.3, -0.25) is 9.59 Å². The van der Waals surface area contributed by atoms with E-state index in [2.05, 4.69) is 26.0 Å². The molecule has 0 N–H and O–H groups in total. The first-order valence-electron chi connectivity index (χ1n) is 17.6. The fourth-order valence-electron chi connectivity index (χ4n) is 5.21. The van der Waals surface area contributed by atoms with Crippen LogP contribution in [0, 0.1) is 0 Å². The Bertz CT molecular complexity index is 546. The van der Waals surface area contributed by atoms with Gasteiger partial charge in [0.2, 0.25) is 0 Å². The van der Waals surface area contributed by atoms with E-state index in [9.17, 15) is 9.59 Å². The maximum absolute atomic E-state index is 11.9. The molecule has 0 radical (unpaired) electrons. The second-order valence-electron chi connectivity index (χ2n) is 11.9. The van der Waals surface area contributed by atoms with Gasteiger partial charge in [0.1, 0.15) is 0 Å². The van der Waals surface area contributed by atoms with Gasteiger partial charge in [-0.2, -0.15) is 0 Å². The van der Waals surface area contributed by atoms with E-state index < -0.39 is 0 Å². The van der Waals surface area contributed by atoms with Gasteiger partial charge in [-0.05, 0) is 38.5 Å². The minimum absolute atomic E-state index is 0. The molecule has 0 fully saturated rings. The molecule has 40 heavy (non-hydrogen) atoms.